The van der Waals surface area contributed by atoms with Crippen molar-refractivity contribution in [3.63, 3.8) is 0 Å². The molecule has 2 atom stereocenters. The van der Waals surface area contributed by atoms with E-state index in [0.29, 0.717) is 0 Å². The van der Waals surface area contributed by atoms with Crippen LogP contribution < -0.4 is 4.74 Å². The second kappa shape index (κ2) is 5.92. The lowest BCUT2D eigenvalue weighted by Crippen LogP contribution is -2.21. The Morgan fingerprint density at radius 1 is 1.09 bits per heavy atom. The number of likely N-dealkylation sites (N-methyl/N-ethyl adjacent to an activating group) is 1. The lowest BCUT2D eigenvalue weighted by Gasteiger charge is -2.15. The molecule has 1 fully saturated rings. The first-order chi connectivity index (χ1) is 11.1. The standard InChI is InChI=1S/C18H17NO2.C2H4/c1-11-7-8-16-13(9-11)17-14(10-19(2)18(17)20)12-5-3-4-6-15(12)21-16;1-2/h3-9,14,17H,10H2,1-2H3;1-2H2/t14?,17-;/m1./s1. The molecule has 2 aromatic carbocycles. The zero-order chi connectivity index (χ0) is 16.6. The highest BCUT2D eigenvalue weighted by Gasteiger charge is 2.44. The smallest absolute Gasteiger partial charge is 0.230 e. The summed E-state index contributed by atoms with van der Waals surface area (Å²) in [6, 6.07) is 14.2. The number of hydrogen-bond acceptors (Lipinski definition) is 2. The predicted molar refractivity (Wildman–Crippen MR) is 92.1 cm³/mol. The molecule has 2 aliphatic heterocycles. The second-order valence-electron chi connectivity index (χ2n) is 5.98. The van der Waals surface area contributed by atoms with Crippen molar-refractivity contribution in [3.05, 3.63) is 72.3 Å². The van der Waals surface area contributed by atoms with Gasteiger partial charge in [-0.05, 0) is 19.1 Å². The first-order valence-corrected chi connectivity index (χ1v) is 7.77. The number of para-hydroxylation sites is 1. The average molecular weight is 307 g/mol. The van der Waals surface area contributed by atoms with E-state index in [0.717, 1.165) is 34.7 Å². The van der Waals surface area contributed by atoms with Gasteiger partial charge in [-0.25, -0.2) is 0 Å². The van der Waals surface area contributed by atoms with E-state index in [1.54, 1.807) is 0 Å². The fourth-order valence-corrected chi connectivity index (χ4v) is 3.53. The Bertz CT molecular complexity index is 753. The number of carbonyl (C=O) groups excluding carboxylic acids is 1. The highest BCUT2D eigenvalue weighted by Crippen LogP contribution is 2.49. The van der Waals surface area contributed by atoms with Gasteiger partial charge in [-0.2, -0.15) is 0 Å². The van der Waals surface area contributed by atoms with E-state index in [4.69, 9.17) is 4.74 Å². The molecule has 0 saturated carbocycles. The third-order valence-electron chi connectivity index (χ3n) is 4.55. The molecule has 0 N–H and O–H groups in total. The van der Waals surface area contributed by atoms with Gasteiger partial charge in [-0.15, -0.1) is 13.2 Å². The number of aryl methyl sites for hydroxylation is 1. The summed E-state index contributed by atoms with van der Waals surface area (Å²) in [5, 5.41) is 0. The van der Waals surface area contributed by atoms with Gasteiger partial charge in [-0.3, -0.25) is 4.79 Å². The normalized spacial score (nSPS) is 21.1. The van der Waals surface area contributed by atoms with Crippen molar-refractivity contribution in [2.24, 2.45) is 0 Å². The van der Waals surface area contributed by atoms with E-state index < -0.39 is 0 Å². The Balaban J connectivity index is 0.000000753. The summed E-state index contributed by atoms with van der Waals surface area (Å²) in [7, 11) is 1.88. The molecule has 2 aromatic rings. The molecule has 1 saturated heterocycles. The van der Waals surface area contributed by atoms with Crippen molar-refractivity contribution in [1.29, 1.82) is 0 Å². The molecule has 0 aromatic heterocycles. The van der Waals surface area contributed by atoms with Gasteiger partial charge in [0.05, 0.1) is 5.92 Å². The van der Waals surface area contributed by atoms with E-state index in [-0.39, 0.29) is 17.7 Å². The molecule has 0 spiro atoms. The Hall–Kier alpha value is -2.55. The van der Waals surface area contributed by atoms with Gasteiger partial charge in [0, 0.05) is 30.6 Å². The molecule has 23 heavy (non-hydrogen) atoms. The summed E-state index contributed by atoms with van der Waals surface area (Å²) in [6.45, 7) is 8.80. The number of rotatable bonds is 0. The molecule has 0 bridgehead atoms. The summed E-state index contributed by atoms with van der Waals surface area (Å²) in [4.78, 5) is 14.5. The highest BCUT2D eigenvalue weighted by molar-refractivity contribution is 5.89. The maximum absolute atomic E-state index is 12.6. The van der Waals surface area contributed by atoms with E-state index >= 15 is 0 Å². The number of hydrogen-bond donors (Lipinski definition) is 0. The Morgan fingerprint density at radius 2 is 1.78 bits per heavy atom. The maximum Gasteiger partial charge on any atom is 0.230 e. The van der Waals surface area contributed by atoms with Gasteiger partial charge in [-0.1, -0.05) is 35.9 Å². The third kappa shape index (κ3) is 2.42. The first kappa shape index (κ1) is 15.3. The lowest BCUT2D eigenvalue weighted by atomic mass is 9.83. The summed E-state index contributed by atoms with van der Waals surface area (Å²) >= 11 is 0. The van der Waals surface area contributed by atoms with Gasteiger partial charge in [0.2, 0.25) is 5.91 Å². The number of fused-ring (bicyclic) bond motifs is 5. The molecule has 1 amide bonds. The number of likely N-dealkylation sites (tertiary alicyclic amines) is 1. The highest BCUT2D eigenvalue weighted by atomic mass is 16.5. The van der Waals surface area contributed by atoms with Crippen LogP contribution in [0.4, 0.5) is 0 Å². The van der Waals surface area contributed by atoms with Gasteiger partial charge >= 0.3 is 0 Å². The minimum Gasteiger partial charge on any atom is -0.457 e. The predicted octanol–water partition coefficient (Wildman–Crippen LogP) is 4.24. The van der Waals surface area contributed by atoms with Crippen molar-refractivity contribution in [2.75, 3.05) is 13.6 Å². The van der Waals surface area contributed by atoms with E-state index in [9.17, 15) is 4.79 Å². The molecule has 4 rings (SSSR count). The van der Waals surface area contributed by atoms with Crippen LogP contribution in [-0.2, 0) is 4.79 Å². The quantitative estimate of drug-likeness (QED) is 0.681. The van der Waals surface area contributed by atoms with Gasteiger partial charge in [0.15, 0.2) is 0 Å². The summed E-state index contributed by atoms with van der Waals surface area (Å²) < 4.78 is 6.11. The maximum atomic E-state index is 12.6. The zero-order valence-electron chi connectivity index (χ0n) is 13.6. The van der Waals surface area contributed by atoms with Crippen LogP contribution in [0.5, 0.6) is 11.5 Å². The molecule has 0 radical (unpaired) electrons. The van der Waals surface area contributed by atoms with E-state index in [1.165, 1.54) is 0 Å². The van der Waals surface area contributed by atoms with Gasteiger partial charge < -0.3 is 9.64 Å². The molecule has 2 aliphatic rings. The van der Waals surface area contributed by atoms with Crippen molar-refractivity contribution < 1.29 is 9.53 Å². The molecule has 3 heteroatoms. The number of benzene rings is 2. The lowest BCUT2D eigenvalue weighted by molar-refractivity contribution is -0.127. The van der Waals surface area contributed by atoms with Crippen molar-refractivity contribution in [3.8, 4) is 11.5 Å². The Labute approximate surface area is 137 Å². The minimum atomic E-state index is -0.131. The second-order valence-corrected chi connectivity index (χ2v) is 5.98. The van der Waals surface area contributed by atoms with Crippen LogP contribution in [0.1, 0.15) is 28.5 Å². The zero-order valence-corrected chi connectivity index (χ0v) is 13.6. The first-order valence-electron chi connectivity index (χ1n) is 7.77. The fourth-order valence-electron chi connectivity index (χ4n) is 3.53. The van der Waals surface area contributed by atoms with Crippen LogP contribution in [0.15, 0.2) is 55.6 Å². The van der Waals surface area contributed by atoms with Gasteiger partial charge in [0.25, 0.3) is 0 Å². The van der Waals surface area contributed by atoms with E-state index in [1.807, 2.05) is 42.3 Å². The molecule has 3 nitrogen and oxygen atoms in total. The summed E-state index contributed by atoms with van der Waals surface area (Å²) in [5.74, 6) is 1.91. The largest absolute Gasteiger partial charge is 0.457 e. The molecule has 118 valence electrons. The van der Waals surface area contributed by atoms with Crippen LogP contribution in [-0.4, -0.2) is 24.4 Å². The fraction of sp³-hybridized carbons (Fsp3) is 0.250. The van der Waals surface area contributed by atoms with Crippen LogP contribution in [0.25, 0.3) is 0 Å². The summed E-state index contributed by atoms with van der Waals surface area (Å²) in [6.07, 6.45) is 0. The van der Waals surface area contributed by atoms with Crippen molar-refractivity contribution in [2.45, 2.75) is 18.8 Å². The van der Waals surface area contributed by atoms with Crippen molar-refractivity contribution in [1.82, 2.24) is 4.90 Å². The van der Waals surface area contributed by atoms with Crippen LogP contribution >= 0.6 is 0 Å². The Kier molecular flexibility index (Phi) is 3.95. The number of amides is 1. The summed E-state index contributed by atoms with van der Waals surface area (Å²) in [5.41, 5.74) is 3.31. The topological polar surface area (TPSA) is 29.5 Å². The van der Waals surface area contributed by atoms with Crippen LogP contribution in [0.3, 0.4) is 0 Å². The SMILES string of the molecule is C=C.Cc1ccc2c(c1)[C@H]1C(=O)N(C)CC1c1ccccc1O2. The molecular formula is C20H21NO2. The molecular weight excluding hydrogens is 286 g/mol. The Morgan fingerprint density at radius 3 is 2.57 bits per heavy atom. The number of nitrogens with zero attached hydrogens (tertiary/aromatic N) is 1. The van der Waals surface area contributed by atoms with E-state index in [2.05, 4.69) is 32.2 Å². The monoisotopic (exact) mass is 307 g/mol. The minimum absolute atomic E-state index is 0.131. The number of ether oxygens (including phenoxy) is 1. The molecule has 1 unspecified atom stereocenters. The number of carbonyl (C=O) groups is 1. The average Bonchev–Trinajstić information content (AvgIpc) is 2.79. The molecule has 2 heterocycles. The van der Waals surface area contributed by atoms with Crippen LogP contribution in [0, 0.1) is 6.92 Å². The van der Waals surface area contributed by atoms with Gasteiger partial charge in [0.1, 0.15) is 11.5 Å². The molecule has 0 aliphatic carbocycles. The third-order valence-corrected chi connectivity index (χ3v) is 4.55. The van der Waals surface area contributed by atoms with Crippen molar-refractivity contribution >= 4 is 5.91 Å². The van der Waals surface area contributed by atoms with Crippen LogP contribution in [0.2, 0.25) is 0 Å².